The van der Waals surface area contributed by atoms with Crippen LogP contribution in [0.5, 0.6) is 0 Å². The molecule has 3 aliphatic heterocycles. The van der Waals surface area contributed by atoms with E-state index in [4.69, 9.17) is 24.4 Å². The number of thioether (sulfide) groups is 1. The average molecular weight is 667 g/mol. The van der Waals surface area contributed by atoms with Crippen LogP contribution >= 0.6 is 11.8 Å². The van der Waals surface area contributed by atoms with E-state index in [2.05, 4.69) is 52.3 Å². The molecule has 252 valence electrons. The van der Waals surface area contributed by atoms with Gasteiger partial charge in [-0.3, -0.25) is 4.79 Å². The number of nitrogens with two attached hydrogens (primary N) is 1. The molecular formula is C31H50N4O8SSi. The van der Waals surface area contributed by atoms with Crippen LogP contribution in [0.25, 0.3) is 0 Å². The largest absolute Gasteiger partial charge is 0.457 e. The first-order valence-corrected chi connectivity index (χ1v) is 19.2. The molecule has 0 aromatic carbocycles. The summed E-state index contributed by atoms with van der Waals surface area (Å²) in [6.07, 6.45) is 2.75. The molecule has 2 saturated heterocycles. The fourth-order valence-electron chi connectivity index (χ4n) is 5.77. The number of nitrogens with one attached hydrogen (secondary N) is 1. The number of urea groups is 1. The van der Waals surface area contributed by atoms with E-state index in [1.807, 2.05) is 13.8 Å². The number of rotatable bonds is 15. The van der Waals surface area contributed by atoms with Gasteiger partial charge in [0.25, 0.3) is 0 Å². The van der Waals surface area contributed by atoms with Crippen molar-refractivity contribution in [3.63, 3.8) is 0 Å². The number of likely N-dealkylation sites (tertiary alicyclic amines) is 1. The Morgan fingerprint density at radius 1 is 1.18 bits per heavy atom. The fourth-order valence-corrected chi connectivity index (χ4v) is 8.76. The SMILES string of the molecule is C=CCOC(=O)C1=C(S[C@H]2C[C@@H](COCCNC(N)=O)N(C(=O)OCC=C)C2)[C@H](C)[C@@H]2[C@@H]([C@@H](C)O[Si](C)(C)C(C)(C)C)C(=O)N12. The van der Waals surface area contributed by atoms with Crippen molar-refractivity contribution in [1.29, 1.82) is 0 Å². The van der Waals surface area contributed by atoms with E-state index in [0.717, 1.165) is 4.91 Å². The predicted octanol–water partition coefficient (Wildman–Crippen LogP) is 4.00. The number of nitrogens with zero attached hydrogens (tertiary/aromatic N) is 2. The van der Waals surface area contributed by atoms with Crippen molar-refractivity contribution in [2.24, 2.45) is 17.6 Å². The highest BCUT2D eigenvalue weighted by Crippen LogP contribution is 2.53. The van der Waals surface area contributed by atoms with Gasteiger partial charge in [-0.2, -0.15) is 0 Å². The number of carbonyl (C=O) groups excluding carboxylic acids is 4. The first-order valence-electron chi connectivity index (χ1n) is 15.4. The summed E-state index contributed by atoms with van der Waals surface area (Å²) in [5.41, 5.74) is 5.38. The molecule has 3 rings (SSSR count). The van der Waals surface area contributed by atoms with Gasteiger partial charge < -0.3 is 39.5 Å². The van der Waals surface area contributed by atoms with Gasteiger partial charge in [0, 0.05) is 29.2 Å². The van der Waals surface area contributed by atoms with E-state index in [-0.39, 0.29) is 79.0 Å². The van der Waals surface area contributed by atoms with Gasteiger partial charge in [0.1, 0.15) is 18.9 Å². The quantitative estimate of drug-likeness (QED) is 0.0870. The number of primary amides is 1. The summed E-state index contributed by atoms with van der Waals surface area (Å²) >= 11 is 1.50. The van der Waals surface area contributed by atoms with Gasteiger partial charge >= 0.3 is 18.1 Å². The maximum Gasteiger partial charge on any atom is 0.410 e. The van der Waals surface area contributed by atoms with Gasteiger partial charge in [-0.1, -0.05) is 53.0 Å². The lowest BCUT2D eigenvalue weighted by atomic mass is 9.79. The second kappa shape index (κ2) is 15.2. The second-order valence-corrected chi connectivity index (χ2v) is 19.3. The van der Waals surface area contributed by atoms with E-state index >= 15 is 0 Å². The van der Waals surface area contributed by atoms with Crippen LogP contribution in [0, 0.1) is 11.8 Å². The van der Waals surface area contributed by atoms with Gasteiger partial charge in [0.2, 0.25) is 5.91 Å². The number of ether oxygens (including phenoxy) is 3. The van der Waals surface area contributed by atoms with Gasteiger partial charge in [-0.15, -0.1) is 11.8 Å². The molecule has 0 saturated carbocycles. The van der Waals surface area contributed by atoms with Crippen molar-refractivity contribution >= 4 is 44.1 Å². The first kappa shape index (κ1) is 36.7. The van der Waals surface area contributed by atoms with E-state index < -0.39 is 32.3 Å². The van der Waals surface area contributed by atoms with Crippen LogP contribution in [-0.2, 0) is 28.2 Å². The zero-order chi connectivity index (χ0) is 33.7. The molecule has 14 heteroatoms. The minimum atomic E-state index is -2.16. The lowest BCUT2D eigenvalue weighted by molar-refractivity contribution is -0.163. The predicted molar refractivity (Wildman–Crippen MR) is 176 cm³/mol. The Morgan fingerprint density at radius 2 is 1.82 bits per heavy atom. The molecule has 0 aromatic rings. The maximum atomic E-state index is 13.7. The highest BCUT2D eigenvalue weighted by atomic mass is 32.2. The Balaban J connectivity index is 1.83. The maximum absolute atomic E-state index is 13.7. The third-order valence-corrected chi connectivity index (χ3v) is 15.1. The van der Waals surface area contributed by atoms with Gasteiger partial charge in [0.15, 0.2) is 8.32 Å². The van der Waals surface area contributed by atoms with Crippen LogP contribution in [0.15, 0.2) is 35.9 Å². The summed E-state index contributed by atoms with van der Waals surface area (Å²) in [6, 6.07) is -1.18. The van der Waals surface area contributed by atoms with Crippen molar-refractivity contribution in [2.75, 3.05) is 39.5 Å². The number of β-lactam (4-membered cyclic amide) rings is 1. The number of carbonyl (C=O) groups is 4. The molecular weight excluding hydrogens is 617 g/mol. The van der Waals surface area contributed by atoms with Crippen molar-refractivity contribution < 1.29 is 37.8 Å². The molecule has 0 bridgehead atoms. The number of fused-ring (bicyclic) bond motifs is 1. The fraction of sp³-hybridized carbons (Fsp3) is 0.677. The van der Waals surface area contributed by atoms with Crippen LogP contribution in [-0.4, -0.2) is 105 Å². The highest BCUT2D eigenvalue weighted by Gasteiger charge is 2.61. The second-order valence-electron chi connectivity index (χ2n) is 13.2. The minimum absolute atomic E-state index is 0.0199. The van der Waals surface area contributed by atoms with E-state index in [9.17, 15) is 19.2 Å². The molecule has 0 unspecified atom stereocenters. The Kier molecular flexibility index (Phi) is 12.4. The molecule has 45 heavy (non-hydrogen) atoms. The van der Waals surface area contributed by atoms with Crippen molar-refractivity contribution in [2.45, 2.75) is 82.6 Å². The van der Waals surface area contributed by atoms with Crippen LogP contribution < -0.4 is 11.1 Å². The smallest absolute Gasteiger partial charge is 0.410 e. The Labute approximate surface area is 272 Å². The van der Waals surface area contributed by atoms with Crippen molar-refractivity contribution in [3.05, 3.63) is 35.9 Å². The number of hydrogen-bond acceptors (Lipinski definition) is 9. The molecule has 2 fully saturated rings. The molecule has 3 heterocycles. The van der Waals surface area contributed by atoms with Crippen LogP contribution in [0.2, 0.25) is 18.1 Å². The summed E-state index contributed by atoms with van der Waals surface area (Å²) in [7, 11) is -2.16. The van der Waals surface area contributed by atoms with Crippen LogP contribution in [0.1, 0.15) is 41.0 Å². The topological polar surface area (TPSA) is 150 Å². The third-order valence-electron chi connectivity index (χ3n) is 8.99. The summed E-state index contributed by atoms with van der Waals surface area (Å²) < 4.78 is 23.2. The lowest BCUT2D eigenvalue weighted by Crippen LogP contribution is -2.65. The van der Waals surface area contributed by atoms with Gasteiger partial charge in [-0.05, 0) is 31.5 Å². The zero-order valence-corrected chi connectivity index (χ0v) is 29.4. The average Bonchev–Trinajstić information content (AvgIpc) is 3.45. The lowest BCUT2D eigenvalue weighted by Gasteiger charge is -2.50. The zero-order valence-electron chi connectivity index (χ0n) is 27.6. The molecule has 0 aromatic heterocycles. The Bertz CT molecular complexity index is 1190. The molecule has 6 atom stereocenters. The molecule has 0 aliphatic carbocycles. The summed E-state index contributed by atoms with van der Waals surface area (Å²) in [5.74, 6) is -1.25. The normalized spacial score (nSPS) is 25.4. The Morgan fingerprint density at radius 3 is 2.42 bits per heavy atom. The number of hydrogen-bond donors (Lipinski definition) is 2. The molecule has 3 N–H and O–H groups in total. The standard InChI is InChI=1S/C31H50N4O8SSi/c1-10-13-41-28(37)25-26(19(3)24-23(27(36)35(24)25)20(4)43-45(8,9)31(5,6)7)44-22-16-21(18-40-15-12-33-29(32)38)34(17-22)30(39)42-14-11-2/h10-11,19-24H,1-2,12-18H2,3-9H3,(H3,32,33,38)/t19-,20-,21+,22+,23-,24-/m1/s1. The molecule has 0 radical (unpaired) electrons. The Hall–Kier alpha value is -2.81. The van der Waals surface area contributed by atoms with Gasteiger partial charge in [0.05, 0.1) is 37.3 Å². The molecule has 3 aliphatic rings. The molecule has 4 amide bonds. The van der Waals surface area contributed by atoms with Crippen LogP contribution in [0.4, 0.5) is 9.59 Å². The third kappa shape index (κ3) is 8.32. The molecule has 0 spiro atoms. The van der Waals surface area contributed by atoms with E-state index in [1.54, 1.807) is 9.80 Å². The monoisotopic (exact) mass is 666 g/mol. The summed E-state index contributed by atoms with van der Waals surface area (Å²) in [6.45, 7) is 23.2. The minimum Gasteiger partial charge on any atom is -0.457 e. The van der Waals surface area contributed by atoms with Crippen molar-refractivity contribution in [3.8, 4) is 0 Å². The highest BCUT2D eigenvalue weighted by molar-refractivity contribution is 8.03. The van der Waals surface area contributed by atoms with Crippen molar-refractivity contribution in [1.82, 2.24) is 15.1 Å². The molecule has 12 nitrogen and oxygen atoms in total. The summed E-state index contributed by atoms with van der Waals surface area (Å²) in [4.78, 5) is 55.0. The van der Waals surface area contributed by atoms with Crippen LogP contribution in [0.3, 0.4) is 0 Å². The summed E-state index contributed by atoms with van der Waals surface area (Å²) in [5, 5.41) is 2.35. The van der Waals surface area contributed by atoms with E-state index in [1.165, 1.54) is 23.9 Å². The number of esters is 1. The van der Waals surface area contributed by atoms with Gasteiger partial charge in [-0.25, -0.2) is 14.4 Å². The first-order chi connectivity index (χ1) is 21.0. The van der Waals surface area contributed by atoms with E-state index in [0.29, 0.717) is 13.0 Å². The number of amides is 4.